The van der Waals surface area contributed by atoms with E-state index in [1.165, 1.54) is 25.7 Å². The summed E-state index contributed by atoms with van der Waals surface area (Å²) >= 11 is 0. The van der Waals surface area contributed by atoms with Crippen LogP contribution >= 0.6 is 7.82 Å². The summed E-state index contributed by atoms with van der Waals surface area (Å²) in [6.45, 7) is 2.62. The number of phosphoric ester groups is 1. The van der Waals surface area contributed by atoms with Gasteiger partial charge in [-0.2, -0.15) is 0 Å². The molecule has 0 aliphatic carbocycles. The van der Waals surface area contributed by atoms with E-state index >= 15 is 0 Å². The quantitative estimate of drug-likeness (QED) is 0.0241. The third-order valence-electron chi connectivity index (χ3n) is 8.06. The number of phosphoric acid groups is 1. The van der Waals surface area contributed by atoms with Crippen LogP contribution in [-0.4, -0.2) is 59.9 Å². The number of unbranched alkanes of at least 4 members (excludes halogenated alkanes) is 14. The fraction of sp³-hybridized carbons (Fsp3) is 0.725. The number of ether oxygens (including phenoxy) is 2. The first-order valence-electron chi connectivity index (χ1n) is 19.7. The largest absolute Gasteiger partial charge is 0.480 e. The van der Waals surface area contributed by atoms with Gasteiger partial charge >= 0.3 is 25.7 Å². The molecule has 0 saturated carbocycles. The Balaban J connectivity index is 4.47. The molecule has 0 fully saturated rings. The topological polar surface area (TPSA) is 172 Å². The number of nitrogens with two attached hydrogens (primary N) is 1. The summed E-state index contributed by atoms with van der Waals surface area (Å²) in [5.74, 6) is -2.42. The molecule has 300 valence electrons. The molecule has 0 aromatic carbocycles. The minimum atomic E-state index is -4.72. The lowest BCUT2D eigenvalue weighted by molar-refractivity contribution is -0.161. The number of rotatable bonds is 36. The molecule has 0 amide bonds. The molecular formula is C40H70NO10P. The van der Waals surface area contributed by atoms with E-state index in [4.69, 9.17) is 24.8 Å². The van der Waals surface area contributed by atoms with E-state index in [1.807, 2.05) is 0 Å². The fourth-order valence-electron chi connectivity index (χ4n) is 4.95. The van der Waals surface area contributed by atoms with E-state index in [9.17, 15) is 23.8 Å². The van der Waals surface area contributed by atoms with Crippen molar-refractivity contribution in [2.24, 2.45) is 5.73 Å². The smallest absolute Gasteiger partial charge is 0.472 e. The first kappa shape index (κ1) is 49.4. The first-order valence-corrected chi connectivity index (χ1v) is 21.2. The van der Waals surface area contributed by atoms with Gasteiger partial charge in [0.25, 0.3) is 0 Å². The summed E-state index contributed by atoms with van der Waals surface area (Å²) in [6.07, 6.45) is 37.5. The van der Waals surface area contributed by atoms with Crippen LogP contribution in [0.3, 0.4) is 0 Å². The number of carboxylic acids is 1. The number of carbonyl (C=O) groups excluding carboxylic acids is 2. The van der Waals surface area contributed by atoms with Gasteiger partial charge in [-0.05, 0) is 70.6 Å². The lowest BCUT2D eigenvalue weighted by Gasteiger charge is -2.20. The van der Waals surface area contributed by atoms with Gasteiger partial charge in [0.05, 0.1) is 13.2 Å². The predicted molar refractivity (Wildman–Crippen MR) is 208 cm³/mol. The summed E-state index contributed by atoms with van der Waals surface area (Å²) in [4.78, 5) is 45.8. The lowest BCUT2D eigenvalue weighted by atomic mass is 10.1. The Bertz CT molecular complexity index is 1070. The normalized spacial score (nSPS) is 14.4. The minimum Gasteiger partial charge on any atom is -0.480 e. The van der Waals surface area contributed by atoms with Gasteiger partial charge in [0.2, 0.25) is 0 Å². The number of hydrogen-bond donors (Lipinski definition) is 3. The van der Waals surface area contributed by atoms with Crippen molar-refractivity contribution in [1.82, 2.24) is 0 Å². The summed E-state index contributed by atoms with van der Waals surface area (Å²) in [5.41, 5.74) is 5.32. The molecule has 52 heavy (non-hydrogen) atoms. The molecule has 12 heteroatoms. The highest BCUT2D eigenvalue weighted by Crippen LogP contribution is 2.43. The highest BCUT2D eigenvalue weighted by molar-refractivity contribution is 7.47. The maximum Gasteiger partial charge on any atom is 0.472 e. The maximum absolute atomic E-state index is 12.6. The van der Waals surface area contributed by atoms with Crippen molar-refractivity contribution in [3.8, 4) is 0 Å². The fourth-order valence-corrected chi connectivity index (χ4v) is 5.73. The van der Waals surface area contributed by atoms with Gasteiger partial charge in [0.15, 0.2) is 6.10 Å². The molecule has 3 atom stereocenters. The summed E-state index contributed by atoms with van der Waals surface area (Å²) < 4.78 is 32.6. The molecule has 4 N–H and O–H groups in total. The first-order chi connectivity index (χ1) is 25.1. The zero-order chi connectivity index (χ0) is 38.5. The van der Waals surface area contributed by atoms with Crippen LogP contribution in [0, 0.1) is 0 Å². The summed E-state index contributed by atoms with van der Waals surface area (Å²) in [5, 5.41) is 8.86. The molecule has 0 aromatic rings. The zero-order valence-corrected chi connectivity index (χ0v) is 33.0. The van der Waals surface area contributed by atoms with Crippen molar-refractivity contribution >= 4 is 25.7 Å². The zero-order valence-electron chi connectivity index (χ0n) is 32.1. The Kier molecular flexibility index (Phi) is 33.7. The van der Waals surface area contributed by atoms with E-state index in [2.05, 4.69) is 67.0 Å². The Morgan fingerprint density at radius 3 is 1.63 bits per heavy atom. The second-order valence-corrected chi connectivity index (χ2v) is 14.5. The number of aliphatic carboxylic acids is 1. The third-order valence-corrected chi connectivity index (χ3v) is 9.01. The van der Waals surface area contributed by atoms with Crippen molar-refractivity contribution in [1.29, 1.82) is 0 Å². The Morgan fingerprint density at radius 2 is 1.08 bits per heavy atom. The highest BCUT2D eigenvalue weighted by atomic mass is 31.2. The summed E-state index contributed by atoms with van der Waals surface area (Å²) in [7, 11) is -4.72. The second-order valence-electron chi connectivity index (χ2n) is 13.0. The predicted octanol–water partition coefficient (Wildman–Crippen LogP) is 9.83. The maximum atomic E-state index is 12.6. The Labute approximate surface area is 314 Å². The Morgan fingerprint density at radius 1 is 0.615 bits per heavy atom. The number of hydrogen-bond acceptors (Lipinski definition) is 9. The van der Waals surface area contributed by atoms with Gasteiger partial charge < -0.3 is 25.2 Å². The number of carbonyl (C=O) groups is 3. The molecule has 0 heterocycles. The third kappa shape index (κ3) is 34.5. The number of esters is 2. The molecule has 0 rings (SSSR count). The monoisotopic (exact) mass is 755 g/mol. The highest BCUT2D eigenvalue weighted by Gasteiger charge is 2.28. The molecule has 0 bridgehead atoms. The molecule has 0 saturated heterocycles. The molecule has 11 nitrogen and oxygen atoms in total. The van der Waals surface area contributed by atoms with Crippen LogP contribution in [0.2, 0.25) is 0 Å². The van der Waals surface area contributed by atoms with E-state index in [1.54, 1.807) is 0 Å². The van der Waals surface area contributed by atoms with Crippen molar-refractivity contribution in [3.63, 3.8) is 0 Å². The van der Waals surface area contributed by atoms with Crippen LogP contribution in [0.25, 0.3) is 0 Å². The van der Waals surface area contributed by atoms with E-state index in [0.717, 1.165) is 89.9 Å². The van der Waals surface area contributed by atoms with Crippen molar-refractivity contribution < 1.29 is 47.5 Å². The SMILES string of the molecule is CCC=CCC=CCC=CCCCCCCCC(=O)OCC(COP(=O)(O)OCC(N)C(=O)O)OC(=O)CCCCCCCC=CCCCCCC. The molecule has 0 aliphatic rings. The number of carboxylic acid groups (broad SMARTS) is 1. The van der Waals surface area contributed by atoms with Crippen LogP contribution in [0.4, 0.5) is 0 Å². The molecule has 0 radical (unpaired) electrons. The average molecular weight is 756 g/mol. The van der Waals surface area contributed by atoms with Gasteiger partial charge in [-0.3, -0.25) is 23.4 Å². The van der Waals surface area contributed by atoms with Crippen molar-refractivity contribution in [3.05, 3.63) is 48.6 Å². The molecule has 0 aliphatic heterocycles. The standard InChI is InChI=1S/C40H70NO10P/c1-3-5-7-9-11-13-15-17-18-20-21-23-25-27-29-31-38(42)48-33-36(34-49-52(46,47)50-35-37(41)40(44)45)51-39(43)32-30-28-26-24-22-19-16-14-12-10-8-6-4-2/h5,7,11,13-14,16-18,36-37H,3-4,6,8-10,12,15,19-35,41H2,1-2H3,(H,44,45)(H,46,47). The van der Waals surface area contributed by atoms with Crippen LogP contribution < -0.4 is 5.73 Å². The molecular weight excluding hydrogens is 685 g/mol. The average Bonchev–Trinajstić information content (AvgIpc) is 3.12. The second kappa shape index (κ2) is 35.5. The van der Waals surface area contributed by atoms with Crippen LogP contribution in [0.5, 0.6) is 0 Å². The van der Waals surface area contributed by atoms with E-state index in [-0.39, 0.29) is 19.4 Å². The van der Waals surface area contributed by atoms with Crippen molar-refractivity contribution in [2.45, 2.75) is 167 Å². The van der Waals surface area contributed by atoms with Crippen LogP contribution in [0.1, 0.15) is 155 Å². The minimum absolute atomic E-state index is 0.145. The van der Waals surface area contributed by atoms with Gasteiger partial charge in [-0.25, -0.2) is 4.57 Å². The van der Waals surface area contributed by atoms with Gasteiger partial charge in [-0.15, -0.1) is 0 Å². The van der Waals surface area contributed by atoms with Crippen LogP contribution in [-0.2, 0) is 37.5 Å². The van der Waals surface area contributed by atoms with Crippen molar-refractivity contribution in [2.75, 3.05) is 19.8 Å². The molecule has 0 aromatic heterocycles. The van der Waals surface area contributed by atoms with Gasteiger partial charge in [0, 0.05) is 12.8 Å². The van der Waals surface area contributed by atoms with Gasteiger partial charge in [-0.1, -0.05) is 120 Å². The number of allylic oxidation sites excluding steroid dienone is 8. The van der Waals surface area contributed by atoms with E-state index in [0.29, 0.717) is 12.8 Å². The molecule has 3 unspecified atom stereocenters. The van der Waals surface area contributed by atoms with Gasteiger partial charge in [0.1, 0.15) is 12.6 Å². The van der Waals surface area contributed by atoms with Crippen LogP contribution in [0.15, 0.2) is 48.6 Å². The lowest BCUT2D eigenvalue weighted by Crippen LogP contribution is -2.34. The Hall–Kier alpha value is -2.56. The molecule has 0 spiro atoms. The van der Waals surface area contributed by atoms with E-state index < -0.39 is 51.1 Å². The summed E-state index contributed by atoms with van der Waals surface area (Å²) in [6, 6.07) is -1.53.